The Morgan fingerprint density at radius 2 is 1.00 bits per heavy atom. The fraction of sp³-hybridized carbons (Fsp3) is 1.00. The highest BCUT2D eigenvalue weighted by molar-refractivity contribution is 4.95. The second-order valence-corrected chi connectivity index (χ2v) is 10.3. The highest BCUT2D eigenvalue weighted by atomic mass is 15.0. The minimum absolute atomic E-state index is 0.413. The molecule has 2 heterocycles. The Morgan fingerprint density at radius 3 is 1.47 bits per heavy atom. The van der Waals surface area contributed by atoms with Crippen molar-refractivity contribution in [3.63, 3.8) is 0 Å². The Labute approximate surface area is 193 Å². The van der Waals surface area contributed by atoms with Crippen LogP contribution in [0.5, 0.6) is 0 Å². The largest absolute Gasteiger partial charge is 0.316 e. The average molecular weight is 427 g/mol. The van der Waals surface area contributed by atoms with Crippen molar-refractivity contribution in [2.75, 3.05) is 19.6 Å². The quantitative estimate of drug-likeness (QED) is 0.472. The van der Waals surface area contributed by atoms with E-state index in [1.165, 1.54) is 64.6 Å². The van der Waals surface area contributed by atoms with Gasteiger partial charge < -0.3 is 10.6 Å². The molecule has 2 aliphatic rings. The van der Waals surface area contributed by atoms with Gasteiger partial charge in [-0.3, -0.25) is 0 Å². The van der Waals surface area contributed by atoms with Gasteiger partial charge in [0.1, 0.15) is 0 Å². The molecule has 2 nitrogen and oxygen atoms in total. The van der Waals surface area contributed by atoms with E-state index in [0.717, 1.165) is 23.7 Å². The molecule has 0 aromatic rings. The summed E-state index contributed by atoms with van der Waals surface area (Å²) in [5, 5.41) is 7.39. The molecular weight excluding hydrogens is 364 g/mol. The Hall–Kier alpha value is -0.0800. The second kappa shape index (κ2) is 17.5. The van der Waals surface area contributed by atoms with Crippen LogP contribution in [0.15, 0.2) is 0 Å². The lowest BCUT2D eigenvalue weighted by molar-refractivity contribution is 0.103. The van der Waals surface area contributed by atoms with Crippen molar-refractivity contribution in [2.24, 2.45) is 29.1 Å². The van der Waals surface area contributed by atoms with Crippen molar-refractivity contribution >= 4 is 0 Å². The molecule has 0 amide bonds. The van der Waals surface area contributed by atoms with Crippen LogP contribution in [0, 0.1) is 29.1 Å². The summed E-state index contributed by atoms with van der Waals surface area (Å²) in [6, 6.07) is 0. The SMILES string of the molecule is CC.CC.CC(C)C1(C(C)C)CCCCCN1.CC(C)C1(C(C)C)CCCCNC1. The van der Waals surface area contributed by atoms with Gasteiger partial charge in [-0.05, 0) is 67.9 Å². The third-order valence-electron chi connectivity index (χ3n) is 7.78. The highest BCUT2D eigenvalue weighted by Gasteiger charge is 2.37. The van der Waals surface area contributed by atoms with Crippen LogP contribution in [0.25, 0.3) is 0 Å². The second-order valence-electron chi connectivity index (χ2n) is 10.3. The Kier molecular flexibility index (Phi) is 18.7. The van der Waals surface area contributed by atoms with Crippen LogP contribution in [-0.2, 0) is 0 Å². The first-order chi connectivity index (χ1) is 14.2. The summed E-state index contributed by atoms with van der Waals surface area (Å²) in [6.45, 7) is 30.6. The van der Waals surface area contributed by atoms with E-state index in [-0.39, 0.29) is 0 Å². The minimum atomic E-state index is 0.413. The molecule has 0 radical (unpaired) electrons. The van der Waals surface area contributed by atoms with Crippen molar-refractivity contribution in [3.05, 3.63) is 0 Å². The standard InChI is InChI=1S/2C12H25N.2C2H6/c1-10(2)12(11(3)4)7-5-6-8-13-9-12;1-10(2)12(11(3)4)8-6-5-7-9-13-12;2*1-2/h2*10-11,13H,5-9H2,1-4H3;2*1-2H3. The molecule has 0 aliphatic carbocycles. The molecular formula is C28H62N2. The zero-order valence-electron chi connectivity index (χ0n) is 23.4. The topological polar surface area (TPSA) is 24.1 Å². The van der Waals surface area contributed by atoms with Gasteiger partial charge in [0, 0.05) is 12.1 Å². The molecule has 0 atom stereocenters. The van der Waals surface area contributed by atoms with Crippen LogP contribution in [0.2, 0.25) is 0 Å². The molecule has 2 fully saturated rings. The van der Waals surface area contributed by atoms with E-state index in [1.54, 1.807) is 0 Å². The molecule has 0 unspecified atom stereocenters. The van der Waals surface area contributed by atoms with E-state index in [4.69, 9.17) is 0 Å². The van der Waals surface area contributed by atoms with Crippen molar-refractivity contribution in [2.45, 2.75) is 134 Å². The molecule has 2 heteroatoms. The monoisotopic (exact) mass is 426 g/mol. The van der Waals surface area contributed by atoms with Gasteiger partial charge in [0.25, 0.3) is 0 Å². The zero-order chi connectivity index (χ0) is 23.8. The van der Waals surface area contributed by atoms with Gasteiger partial charge >= 0.3 is 0 Å². The van der Waals surface area contributed by atoms with Gasteiger partial charge in [-0.1, -0.05) is 102 Å². The Balaban J connectivity index is 0. The van der Waals surface area contributed by atoms with Crippen molar-refractivity contribution in [1.29, 1.82) is 0 Å². The zero-order valence-corrected chi connectivity index (χ0v) is 23.4. The molecule has 2 saturated heterocycles. The average Bonchev–Trinajstić information content (AvgIpc) is 3.14. The van der Waals surface area contributed by atoms with Crippen molar-refractivity contribution < 1.29 is 0 Å². The summed E-state index contributed by atoms with van der Waals surface area (Å²) in [4.78, 5) is 0. The Morgan fingerprint density at radius 1 is 0.533 bits per heavy atom. The lowest BCUT2D eigenvalue weighted by atomic mass is 9.66. The predicted molar refractivity (Wildman–Crippen MR) is 140 cm³/mol. The smallest absolute Gasteiger partial charge is 0.0227 e. The van der Waals surface area contributed by atoms with Crippen LogP contribution in [0.1, 0.15) is 128 Å². The first-order valence-electron chi connectivity index (χ1n) is 13.6. The fourth-order valence-electron chi connectivity index (χ4n) is 5.55. The summed E-state index contributed by atoms with van der Waals surface area (Å²) < 4.78 is 0. The van der Waals surface area contributed by atoms with E-state index >= 15 is 0 Å². The first-order valence-corrected chi connectivity index (χ1v) is 13.6. The number of rotatable bonds is 4. The maximum Gasteiger partial charge on any atom is 0.0227 e. The molecule has 0 saturated carbocycles. The van der Waals surface area contributed by atoms with Gasteiger partial charge in [0.2, 0.25) is 0 Å². The predicted octanol–water partition coefficient (Wildman–Crippen LogP) is 8.31. The first kappa shape index (κ1) is 32.1. The molecule has 0 aromatic carbocycles. The van der Waals surface area contributed by atoms with Gasteiger partial charge in [-0.2, -0.15) is 0 Å². The third kappa shape index (κ3) is 9.60. The molecule has 2 aliphatic heterocycles. The van der Waals surface area contributed by atoms with E-state index in [2.05, 4.69) is 66.0 Å². The summed E-state index contributed by atoms with van der Waals surface area (Å²) in [5.41, 5.74) is 0.965. The molecule has 30 heavy (non-hydrogen) atoms. The summed E-state index contributed by atoms with van der Waals surface area (Å²) in [5.74, 6) is 3.12. The maximum atomic E-state index is 3.79. The fourth-order valence-corrected chi connectivity index (χ4v) is 5.55. The van der Waals surface area contributed by atoms with Gasteiger partial charge in [0.15, 0.2) is 0 Å². The van der Waals surface area contributed by atoms with Crippen LogP contribution < -0.4 is 10.6 Å². The summed E-state index contributed by atoms with van der Waals surface area (Å²) in [7, 11) is 0. The third-order valence-corrected chi connectivity index (χ3v) is 7.78. The van der Waals surface area contributed by atoms with E-state index < -0.39 is 0 Å². The van der Waals surface area contributed by atoms with Crippen LogP contribution >= 0.6 is 0 Å². The van der Waals surface area contributed by atoms with Crippen molar-refractivity contribution in [1.82, 2.24) is 10.6 Å². The molecule has 0 bridgehead atoms. The molecule has 2 rings (SSSR count). The maximum absolute atomic E-state index is 3.79. The molecule has 2 N–H and O–H groups in total. The van der Waals surface area contributed by atoms with Gasteiger partial charge in [0.05, 0.1) is 0 Å². The van der Waals surface area contributed by atoms with E-state index in [0.29, 0.717) is 11.0 Å². The lowest BCUT2D eigenvalue weighted by Crippen LogP contribution is -2.53. The number of hydrogen-bond acceptors (Lipinski definition) is 2. The normalized spacial score (nSPS) is 20.8. The van der Waals surface area contributed by atoms with E-state index in [9.17, 15) is 0 Å². The molecule has 0 aromatic heterocycles. The highest BCUT2D eigenvalue weighted by Crippen LogP contribution is 2.41. The molecule has 0 spiro atoms. The van der Waals surface area contributed by atoms with Crippen LogP contribution in [0.4, 0.5) is 0 Å². The summed E-state index contributed by atoms with van der Waals surface area (Å²) >= 11 is 0. The van der Waals surface area contributed by atoms with Gasteiger partial charge in [-0.25, -0.2) is 0 Å². The summed E-state index contributed by atoms with van der Waals surface area (Å²) in [6.07, 6.45) is 9.72. The van der Waals surface area contributed by atoms with E-state index in [1.807, 2.05) is 27.7 Å². The van der Waals surface area contributed by atoms with Crippen LogP contribution in [0.3, 0.4) is 0 Å². The Bertz CT molecular complexity index is 299. The number of hydrogen-bond donors (Lipinski definition) is 2. The molecule has 184 valence electrons. The van der Waals surface area contributed by atoms with Gasteiger partial charge in [-0.15, -0.1) is 0 Å². The minimum Gasteiger partial charge on any atom is -0.316 e. The van der Waals surface area contributed by atoms with Crippen LogP contribution in [-0.4, -0.2) is 25.2 Å². The lowest BCUT2D eigenvalue weighted by Gasteiger charge is -2.42. The van der Waals surface area contributed by atoms with Crippen molar-refractivity contribution in [3.8, 4) is 0 Å². The number of nitrogens with one attached hydrogen (secondary N) is 2.